The molecule has 22 heavy (non-hydrogen) atoms. The Bertz CT molecular complexity index is 655. The Morgan fingerprint density at radius 3 is 1.18 bits per heavy atom. The summed E-state index contributed by atoms with van der Waals surface area (Å²) in [6, 6.07) is 33.4. The van der Waals surface area contributed by atoms with Crippen LogP contribution in [0.2, 0.25) is 0 Å². The van der Waals surface area contributed by atoms with Gasteiger partial charge >= 0.3 is 138 Å². The molecule has 0 bridgehead atoms. The molecular weight excluding hydrogens is 461 g/mol. The van der Waals surface area contributed by atoms with E-state index in [0.717, 1.165) is 6.42 Å². The quantitative estimate of drug-likeness (QED) is 0.502. The van der Waals surface area contributed by atoms with Gasteiger partial charge in [-0.3, -0.25) is 0 Å². The molecule has 3 rings (SSSR count). The fourth-order valence-electron chi connectivity index (χ4n) is 3.03. The second-order valence-electron chi connectivity index (χ2n) is 5.32. The summed E-state index contributed by atoms with van der Waals surface area (Å²) in [6.07, 6.45) is 1.11. The van der Waals surface area contributed by atoms with E-state index in [1.165, 1.54) is 9.81 Å². The zero-order valence-electron chi connectivity index (χ0n) is 12.9. The van der Waals surface area contributed by atoms with E-state index in [-0.39, 0.29) is 0 Å². The first-order chi connectivity index (χ1) is 10.9. The molecule has 0 heterocycles. The Labute approximate surface area is 137 Å². The Morgan fingerprint density at radius 1 is 0.591 bits per heavy atom. The number of hydrogen-bond donors (Lipinski definition) is 0. The zero-order valence-corrected chi connectivity index (χ0v) is 16.4. The van der Waals surface area contributed by atoms with E-state index >= 15 is 0 Å². The van der Waals surface area contributed by atoms with Gasteiger partial charge in [0.05, 0.1) is 0 Å². The molecule has 0 spiro atoms. The zero-order chi connectivity index (χ0) is 15.3. The summed E-state index contributed by atoms with van der Waals surface area (Å²) in [4.78, 5) is 0. The van der Waals surface area contributed by atoms with Crippen molar-refractivity contribution in [2.24, 2.45) is 0 Å². The summed E-state index contributed by atoms with van der Waals surface area (Å²) in [5.74, 6) is 0. The van der Waals surface area contributed by atoms with Crippen molar-refractivity contribution in [2.75, 3.05) is 0 Å². The summed E-state index contributed by atoms with van der Waals surface area (Å²) < 4.78 is 7.23. The Hall–Kier alpha value is -1.59. The molecule has 0 radical (unpaired) electrons. The van der Waals surface area contributed by atoms with Crippen molar-refractivity contribution < 1.29 is 0 Å². The molecule has 0 saturated carbocycles. The number of hydrogen-bond acceptors (Lipinski definition) is 0. The van der Waals surface area contributed by atoms with Crippen molar-refractivity contribution in [3.8, 4) is 0 Å². The van der Waals surface area contributed by atoms with Gasteiger partial charge in [-0.1, -0.05) is 0 Å². The monoisotopic (exact) mass is 482 g/mol. The Kier molecular flexibility index (Phi) is 4.95. The van der Waals surface area contributed by atoms with Gasteiger partial charge in [-0.05, 0) is 0 Å². The normalized spacial score (nSPS) is 11.1. The van der Waals surface area contributed by atoms with E-state index < -0.39 is 19.8 Å². The van der Waals surface area contributed by atoms with Gasteiger partial charge in [-0.25, -0.2) is 0 Å². The first-order valence-corrected chi connectivity index (χ1v) is 15.0. The second kappa shape index (κ2) is 7.12. The maximum absolute atomic E-state index is 3.07. The summed E-state index contributed by atoms with van der Waals surface area (Å²) in [5, 5.41) is 0. The average molecular weight is 482 g/mol. The number of benzene rings is 3. The van der Waals surface area contributed by atoms with Gasteiger partial charge in [-0.2, -0.15) is 0 Å². The van der Waals surface area contributed by atoms with Crippen LogP contribution in [0.25, 0.3) is 0 Å². The van der Waals surface area contributed by atoms with E-state index in [0.29, 0.717) is 0 Å². The molecule has 0 aliphatic carbocycles. The molecule has 0 fully saturated rings. The van der Waals surface area contributed by atoms with Crippen LogP contribution in [0.1, 0.15) is 13.3 Å². The molecule has 3 aromatic carbocycles. The molecule has 110 valence electrons. The summed E-state index contributed by atoms with van der Waals surface area (Å²) >= 11 is -3.07. The molecule has 0 amide bonds. The van der Waals surface area contributed by atoms with Crippen molar-refractivity contribution in [2.45, 2.75) is 13.3 Å². The molecule has 1 heteroatoms. The topological polar surface area (TPSA) is 0 Å². The van der Waals surface area contributed by atoms with Crippen molar-refractivity contribution in [1.29, 1.82) is 0 Å². The van der Waals surface area contributed by atoms with Crippen LogP contribution in [-0.2, 0) is 0 Å². The van der Waals surface area contributed by atoms with Crippen molar-refractivity contribution in [3.63, 3.8) is 0 Å². The van der Waals surface area contributed by atoms with Crippen LogP contribution in [0.15, 0.2) is 91.0 Å². The predicted octanol–water partition coefficient (Wildman–Crippen LogP) is 2.95. The van der Waals surface area contributed by atoms with E-state index in [9.17, 15) is 0 Å². The third kappa shape index (κ3) is 2.83. The van der Waals surface area contributed by atoms with E-state index in [4.69, 9.17) is 0 Å². The molecule has 3 aromatic rings. The molecular formula is C21H21Bi. The van der Waals surface area contributed by atoms with E-state index in [2.05, 4.69) is 102 Å². The summed E-state index contributed by atoms with van der Waals surface area (Å²) in [6.45, 7) is 2.27. The first-order valence-electron chi connectivity index (χ1n) is 7.78. The third-order valence-electron chi connectivity index (χ3n) is 3.95. The van der Waals surface area contributed by atoms with E-state index in [1.54, 1.807) is 0 Å². The summed E-state index contributed by atoms with van der Waals surface area (Å²) in [5.41, 5.74) is 0. The van der Waals surface area contributed by atoms with Crippen LogP contribution in [0.5, 0.6) is 0 Å². The van der Waals surface area contributed by atoms with Crippen molar-refractivity contribution >= 4 is 33.3 Å². The SMILES string of the molecule is CC[CH]=[Bi]([c]1ccccc1)([c]1ccccc1)[c]1ccccc1. The molecule has 0 N–H and O–H groups in total. The van der Waals surface area contributed by atoms with Crippen LogP contribution in [0.4, 0.5) is 0 Å². The van der Waals surface area contributed by atoms with Gasteiger partial charge in [-0.15, -0.1) is 0 Å². The first kappa shape index (κ1) is 15.3. The molecule has 0 saturated heterocycles. The van der Waals surface area contributed by atoms with Crippen molar-refractivity contribution in [1.82, 2.24) is 0 Å². The standard InChI is InChI=1S/3C6H5.C3H6.Bi/c3*1-2-4-6-5-3-1;1-3-2;/h3*1-5H;1H,3H2,2H3;. The van der Waals surface area contributed by atoms with E-state index in [1.807, 2.05) is 0 Å². The fourth-order valence-corrected chi connectivity index (χ4v) is 18.6. The van der Waals surface area contributed by atoms with Gasteiger partial charge < -0.3 is 0 Å². The number of rotatable bonds is 4. The minimum atomic E-state index is -3.07. The second-order valence-corrected chi connectivity index (χ2v) is 18.4. The summed E-state index contributed by atoms with van der Waals surface area (Å²) in [7, 11) is 0. The van der Waals surface area contributed by atoms with Crippen LogP contribution in [-0.4, -0.2) is 23.5 Å². The van der Waals surface area contributed by atoms with Gasteiger partial charge in [0.25, 0.3) is 0 Å². The van der Waals surface area contributed by atoms with Crippen LogP contribution >= 0.6 is 0 Å². The molecule has 0 nitrogen and oxygen atoms in total. The van der Waals surface area contributed by atoms with Gasteiger partial charge in [0.15, 0.2) is 0 Å². The Morgan fingerprint density at radius 2 is 0.909 bits per heavy atom. The van der Waals surface area contributed by atoms with Gasteiger partial charge in [0.1, 0.15) is 0 Å². The van der Waals surface area contributed by atoms with Crippen LogP contribution < -0.4 is 9.81 Å². The molecule has 0 aromatic heterocycles. The van der Waals surface area contributed by atoms with Crippen LogP contribution in [0, 0.1) is 0 Å². The van der Waals surface area contributed by atoms with Gasteiger partial charge in [0, 0.05) is 0 Å². The predicted molar refractivity (Wildman–Crippen MR) is 100 cm³/mol. The molecule has 0 aliphatic heterocycles. The van der Waals surface area contributed by atoms with Crippen molar-refractivity contribution in [3.05, 3.63) is 91.0 Å². The maximum atomic E-state index is 2.64. The van der Waals surface area contributed by atoms with Gasteiger partial charge in [0.2, 0.25) is 0 Å². The fraction of sp³-hybridized carbons (Fsp3) is 0.0952. The Balaban J connectivity index is 2.38. The molecule has 0 unspecified atom stereocenters. The average Bonchev–Trinajstić information content (AvgIpc) is 2.62. The van der Waals surface area contributed by atoms with Crippen LogP contribution in [0.3, 0.4) is 0 Å². The molecule has 0 aliphatic rings. The molecule has 0 atom stereocenters. The minimum absolute atomic E-state index is 1.11. The third-order valence-corrected chi connectivity index (χ3v) is 20.5.